The first-order chi connectivity index (χ1) is 7.16. The molecule has 16 heavy (non-hydrogen) atoms. The second-order valence-electron chi connectivity index (χ2n) is 3.29. The summed E-state index contributed by atoms with van der Waals surface area (Å²) in [7, 11) is -3.64. The molecule has 3 nitrogen and oxygen atoms in total. The SMILES string of the molecule is CS(=O)(=O)[C@@](Cl)(Br)[C@@H](O)c1ccc(Br)cc1. The zero-order valence-corrected chi connectivity index (χ0v) is 12.9. The lowest BCUT2D eigenvalue weighted by molar-refractivity contribution is 0.185. The first-order valence-electron chi connectivity index (χ1n) is 4.17. The Bertz CT molecular complexity index is 470. The van der Waals surface area contributed by atoms with Gasteiger partial charge in [0, 0.05) is 10.7 Å². The van der Waals surface area contributed by atoms with Gasteiger partial charge in [0.25, 0.3) is 0 Å². The van der Waals surface area contributed by atoms with Crippen molar-refractivity contribution in [1.82, 2.24) is 0 Å². The molecular weight excluding hydrogens is 383 g/mol. The Hall–Kier alpha value is 0.380. The predicted octanol–water partition coefficient (Wildman–Crippen LogP) is 2.81. The molecule has 0 aliphatic heterocycles. The van der Waals surface area contributed by atoms with Crippen molar-refractivity contribution in [2.75, 3.05) is 6.26 Å². The molecule has 0 aliphatic carbocycles. The van der Waals surface area contributed by atoms with Crippen LogP contribution in [0.25, 0.3) is 0 Å². The predicted molar refractivity (Wildman–Crippen MR) is 71.5 cm³/mol. The molecule has 1 rings (SSSR count). The Morgan fingerprint density at radius 3 is 2.19 bits per heavy atom. The van der Waals surface area contributed by atoms with Crippen LogP contribution < -0.4 is 0 Å². The van der Waals surface area contributed by atoms with E-state index in [4.69, 9.17) is 11.6 Å². The number of benzene rings is 1. The monoisotopic (exact) mass is 390 g/mol. The maximum Gasteiger partial charge on any atom is 0.228 e. The van der Waals surface area contributed by atoms with E-state index in [1.54, 1.807) is 24.3 Å². The third kappa shape index (κ3) is 2.98. The number of alkyl halides is 2. The molecule has 0 saturated heterocycles. The van der Waals surface area contributed by atoms with E-state index < -0.39 is 19.1 Å². The van der Waals surface area contributed by atoms with Gasteiger partial charge in [0.15, 0.2) is 9.84 Å². The second kappa shape index (κ2) is 4.94. The van der Waals surface area contributed by atoms with Gasteiger partial charge in [0.2, 0.25) is 3.12 Å². The zero-order chi connectivity index (χ0) is 12.6. The smallest absolute Gasteiger partial charge is 0.228 e. The van der Waals surface area contributed by atoms with Gasteiger partial charge >= 0.3 is 0 Å². The Morgan fingerprint density at radius 2 is 1.81 bits per heavy atom. The largest absolute Gasteiger partial charge is 0.385 e. The summed E-state index contributed by atoms with van der Waals surface area (Å²) in [5, 5.41) is 9.90. The lowest BCUT2D eigenvalue weighted by Gasteiger charge is -2.24. The Morgan fingerprint density at radius 1 is 1.38 bits per heavy atom. The van der Waals surface area contributed by atoms with Crippen LogP contribution in [-0.4, -0.2) is 22.9 Å². The maximum atomic E-state index is 11.4. The number of hydrogen-bond acceptors (Lipinski definition) is 3. The van der Waals surface area contributed by atoms with Gasteiger partial charge in [0.1, 0.15) is 6.10 Å². The standard InChI is InChI=1S/C9H9Br2ClO3S/c1-16(14,15)9(11,12)8(13)6-2-4-7(10)5-3-6/h2-5,8,13H,1H3/t8-,9+/m0/s1. The summed E-state index contributed by atoms with van der Waals surface area (Å²) in [6.45, 7) is 0. The number of hydrogen-bond donors (Lipinski definition) is 1. The van der Waals surface area contributed by atoms with E-state index in [0.29, 0.717) is 5.56 Å². The molecule has 0 heterocycles. The molecule has 1 aromatic rings. The molecule has 0 aromatic heterocycles. The Labute approximate surface area is 116 Å². The summed E-state index contributed by atoms with van der Waals surface area (Å²) in [5.41, 5.74) is 0.417. The van der Waals surface area contributed by atoms with Gasteiger partial charge in [-0.3, -0.25) is 0 Å². The van der Waals surface area contributed by atoms with Crippen molar-refractivity contribution in [2.24, 2.45) is 0 Å². The van der Waals surface area contributed by atoms with Gasteiger partial charge in [-0.25, -0.2) is 8.42 Å². The highest BCUT2D eigenvalue weighted by Gasteiger charge is 2.44. The number of sulfone groups is 1. The van der Waals surface area contributed by atoms with Crippen LogP contribution in [0.15, 0.2) is 28.7 Å². The molecule has 0 bridgehead atoms. The van der Waals surface area contributed by atoms with Crippen molar-refractivity contribution in [2.45, 2.75) is 9.22 Å². The van der Waals surface area contributed by atoms with Gasteiger partial charge in [0.05, 0.1) is 0 Å². The summed E-state index contributed by atoms with van der Waals surface area (Å²) in [6.07, 6.45) is -0.395. The third-order valence-electron chi connectivity index (χ3n) is 2.00. The van der Waals surface area contributed by atoms with Crippen molar-refractivity contribution in [3.05, 3.63) is 34.3 Å². The molecule has 90 valence electrons. The van der Waals surface area contributed by atoms with Crippen LogP contribution in [0, 0.1) is 0 Å². The quantitative estimate of drug-likeness (QED) is 0.805. The molecule has 1 N–H and O–H groups in total. The highest BCUT2D eigenvalue weighted by atomic mass is 79.9. The number of halogens is 3. The average Bonchev–Trinajstić information content (AvgIpc) is 2.16. The molecule has 0 saturated carbocycles. The maximum absolute atomic E-state index is 11.4. The first kappa shape index (κ1) is 14.4. The van der Waals surface area contributed by atoms with Crippen molar-refractivity contribution < 1.29 is 13.5 Å². The van der Waals surface area contributed by atoms with Gasteiger partial charge in [-0.05, 0) is 33.6 Å². The average molecular weight is 392 g/mol. The molecule has 0 spiro atoms. The fraction of sp³-hybridized carbons (Fsp3) is 0.333. The molecule has 1 aromatic carbocycles. The van der Waals surface area contributed by atoms with Crippen molar-refractivity contribution in [1.29, 1.82) is 0 Å². The van der Waals surface area contributed by atoms with Crippen LogP contribution in [0.2, 0.25) is 0 Å². The lowest BCUT2D eigenvalue weighted by Crippen LogP contribution is -2.32. The highest BCUT2D eigenvalue weighted by Crippen LogP contribution is 2.42. The normalized spacial score (nSPS) is 17.8. The lowest BCUT2D eigenvalue weighted by atomic mass is 10.1. The molecule has 0 amide bonds. The fourth-order valence-electron chi connectivity index (χ4n) is 1.04. The van der Waals surface area contributed by atoms with E-state index in [1.807, 2.05) is 0 Å². The Kier molecular flexibility index (Phi) is 4.46. The summed E-state index contributed by atoms with van der Waals surface area (Å²) in [5.74, 6) is 0. The van der Waals surface area contributed by atoms with Gasteiger partial charge in [-0.2, -0.15) is 0 Å². The summed E-state index contributed by atoms with van der Waals surface area (Å²) in [4.78, 5) is 0. The van der Waals surface area contributed by atoms with E-state index in [1.165, 1.54) is 0 Å². The fourth-order valence-corrected chi connectivity index (χ4v) is 2.24. The van der Waals surface area contributed by atoms with Crippen LogP contribution in [-0.2, 0) is 9.84 Å². The van der Waals surface area contributed by atoms with E-state index in [0.717, 1.165) is 10.7 Å². The summed E-state index contributed by atoms with van der Waals surface area (Å²) >= 11 is 11.9. The number of rotatable bonds is 3. The molecule has 0 fully saturated rings. The van der Waals surface area contributed by atoms with E-state index in [-0.39, 0.29) is 0 Å². The summed E-state index contributed by atoms with van der Waals surface area (Å²) in [6, 6.07) is 6.58. The minimum atomic E-state index is -3.64. The van der Waals surface area contributed by atoms with Gasteiger partial charge in [-0.1, -0.05) is 39.7 Å². The summed E-state index contributed by atoms with van der Waals surface area (Å²) < 4.78 is 21.7. The molecular formula is C9H9Br2ClO3S. The zero-order valence-electron chi connectivity index (χ0n) is 8.19. The van der Waals surface area contributed by atoms with E-state index in [2.05, 4.69) is 31.9 Å². The van der Waals surface area contributed by atoms with Gasteiger partial charge < -0.3 is 5.11 Å². The van der Waals surface area contributed by atoms with Crippen LogP contribution in [0.5, 0.6) is 0 Å². The van der Waals surface area contributed by atoms with Crippen LogP contribution in [0.3, 0.4) is 0 Å². The number of aliphatic hydroxyl groups excluding tert-OH is 1. The highest BCUT2D eigenvalue weighted by molar-refractivity contribution is 9.12. The molecule has 0 unspecified atom stereocenters. The van der Waals surface area contributed by atoms with E-state index >= 15 is 0 Å². The third-order valence-corrected chi connectivity index (χ3v) is 6.98. The van der Waals surface area contributed by atoms with E-state index in [9.17, 15) is 13.5 Å². The number of aliphatic hydroxyl groups is 1. The molecule has 0 aliphatic rings. The molecule has 2 atom stereocenters. The minimum absolute atomic E-state index is 0.417. The Balaban J connectivity index is 3.12. The molecule has 0 radical (unpaired) electrons. The minimum Gasteiger partial charge on any atom is -0.385 e. The van der Waals surface area contributed by atoms with Crippen LogP contribution in [0.4, 0.5) is 0 Å². The van der Waals surface area contributed by atoms with Crippen LogP contribution in [0.1, 0.15) is 11.7 Å². The topological polar surface area (TPSA) is 54.4 Å². The van der Waals surface area contributed by atoms with Gasteiger partial charge in [-0.15, -0.1) is 0 Å². The van der Waals surface area contributed by atoms with Crippen LogP contribution >= 0.6 is 43.5 Å². The first-order valence-corrected chi connectivity index (χ1v) is 8.02. The second-order valence-corrected chi connectivity index (χ2v) is 9.44. The van der Waals surface area contributed by atoms with Crippen molar-refractivity contribution >= 4 is 53.3 Å². The van der Waals surface area contributed by atoms with Crippen molar-refractivity contribution in [3.8, 4) is 0 Å². The van der Waals surface area contributed by atoms with Crippen molar-refractivity contribution in [3.63, 3.8) is 0 Å². The molecule has 7 heteroatoms.